The molecule has 6 heteroatoms. The Bertz CT molecular complexity index is 730. The molecule has 2 aliphatic rings. The van der Waals surface area contributed by atoms with Gasteiger partial charge in [0.05, 0.1) is 11.9 Å². The first-order chi connectivity index (χ1) is 11.8. The van der Waals surface area contributed by atoms with E-state index in [0.717, 1.165) is 17.9 Å². The minimum Gasteiger partial charge on any atom is -0.351 e. The van der Waals surface area contributed by atoms with Crippen molar-refractivity contribution in [2.24, 2.45) is 11.8 Å². The lowest BCUT2D eigenvalue weighted by Crippen LogP contribution is -2.52. The van der Waals surface area contributed by atoms with Crippen LogP contribution >= 0.6 is 0 Å². The molecule has 4 atom stereocenters. The van der Waals surface area contributed by atoms with Crippen LogP contribution in [0.5, 0.6) is 0 Å². The van der Waals surface area contributed by atoms with Gasteiger partial charge < -0.3 is 5.32 Å². The molecule has 2 aliphatic carbocycles. The standard InChI is InChI=1S/C19H28N2O3S/c1-4-18(19(22)20-17-12-14-7-8-15(17)11-14)21(25(3,23)24)16-9-5-13(2)6-10-16/h5-6,9-10,14-15,17-18H,4,7-8,11-12H2,1-3H3,(H,20,22)/t14-,15-,17-,18-/m1/s1. The third-order valence-electron chi connectivity index (χ3n) is 5.68. The number of rotatable bonds is 6. The monoisotopic (exact) mass is 364 g/mol. The van der Waals surface area contributed by atoms with Crippen molar-refractivity contribution < 1.29 is 13.2 Å². The Morgan fingerprint density at radius 1 is 1.24 bits per heavy atom. The third-order valence-corrected chi connectivity index (χ3v) is 6.86. The fourth-order valence-electron chi connectivity index (χ4n) is 4.45. The zero-order valence-electron chi connectivity index (χ0n) is 15.2. The minimum absolute atomic E-state index is 0.175. The molecule has 0 unspecified atom stereocenters. The van der Waals surface area contributed by atoms with Crippen LogP contribution in [0.15, 0.2) is 24.3 Å². The van der Waals surface area contributed by atoms with Crippen molar-refractivity contribution in [1.29, 1.82) is 0 Å². The number of hydrogen-bond acceptors (Lipinski definition) is 3. The van der Waals surface area contributed by atoms with Gasteiger partial charge in [-0.15, -0.1) is 0 Å². The molecule has 0 aliphatic heterocycles. The zero-order valence-corrected chi connectivity index (χ0v) is 16.1. The summed E-state index contributed by atoms with van der Waals surface area (Å²) in [4.78, 5) is 12.9. The van der Waals surface area contributed by atoms with E-state index in [0.29, 0.717) is 18.0 Å². The second kappa shape index (κ2) is 6.98. The minimum atomic E-state index is -3.56. The van der Waals surface area contributed by atoms with Crippen LogP contribution in [0.4, 0.5) is 5.69 Å². The summed E-state index contributed by atoms with van der Waals surface area (Å²) in [6.45, 7) is 3.81. The number of sulfonamides is 1. The number of carbonyl (C=O) groups excluding carboxylic acids is 1. The first kappa shape index (κ1) is 18.2. The molecule has 0 spiro atoms. The normalized spacial score (nSPS) is 26.4. The number of anilines is 1. The summed E-state index contributed by atoms with van der Waals surface area (Å²) in [5, 5.41) is 3.15. The van der Waals surface area contributed by atoms with Gasteiger partial charge in [-0.3, -0.25) is 9.10 Å². The molecule has 2 saturated carbocycles. The van der Waals surface area contributed by atoms with Gasteiger partial charge in [0.15, 0.2) is 0 Å². The highest BCUT2D eigenvalue weighted by Gasteiger charge is 2.41. The first-order valence-corrected chi connectivity index (χ1v) is 11.0. The third kappa shape index (κ3) is 3.84. The SMILES string of the molecule is CC[C@H](C(=O)N[C@@H]1C[C@@H]2CC[C@@H]1C2)N(c1ccc(C)cc1)S(C)(=O)=O. The average Bonchev–Trinajstić information content (AvgIpc) is 3.15. The number of nitrogens with zero attached hydrogens (tertiary/aromatic N) is 1. The van der Waals surface area contributed by atoms with E-state index in [9.17, 15) is 13.2 Å². The van der Waals surface area contributed by atoms with Gasteiger partial charge in [-0.2, -0.15) is 0 Å². The molecule has 25 heavy (non-hydrogen) atoms. The van der Waals surface area contributed by atoms with Crippen LogP contribution in [-0.2, 0) is 14.8 Å². The molecule has 2 fully saturated rings. The van der Waals surface area contributed by atoms with Gasteiger partial charge in [0.1, 0.15) is 6.04 Å². The number of carbonyl (C=O) groups is 1. The Balaban J connectivity index is 1.82. The van der Waals surface area contributed by atoms with Crippen molar-refractivity contribution in [3.8, 4) is 0 Å². The topological polar surface area (TPSA) is 66.5 Å². The number of nitrogens with one attached hydrogen (secondary N) is 1. The van der Waals surface area contributed by atoms with Crippen LogP contribution < -0.4 is 9.62 Å². The average molecular weight is 365 g/mol. The van der Waals surface area contributed by atoms with Crippen LogP contribution in [0.1, 0.15) is 44.6 Å². The molecule has 3 rings (SSSR count). The van der Waals surface area contributed by atoms with E-state index in [4.69, 9.17) is 0 Å². The number of amides is 1. The second-order valence-electron chi connectivity index (χ2n) is 7.61. The van der Waals surface area contributed by atoms with Crippen LogP contribution in [0.2, 0.25) is 0 Å². The molecule has 1 aromatic carbocycles. The van der Waals surface area contributed by atoms with E-state index < -0.39 is 16.1 Å². The molecule has 0 saturated heterocycles. The Hall–Kier alpha value is -1.56. The molecule has 0 radical (unpaired) electrons. The Morgan fingerprint density at radius 2 is 1.92 bits per heavy atom. The molecule has 0 heterocycles. The van der Waals surface area contributed by atoms with Crippen LogP contribution in [0.25, 0.3) is 0 Å². The van der Waals surface area contributed by atoms with Gasteiger partial charge in [0, 0.05) is 6.04 Å². The first-order valence-electron chi connectivity index (χ1n) is 9.16. The summed E-state index contributed by atoms with van der Waals surface area (Å²) >= 11 is 0. The highest BCUT2D eigenvalue weighted by molar-refractivity contribution is 7.92. The van der Waals surface area contributed by atoms with Gasteiger partial charge in [-0.05, 0) is 56.6 Å². The lowest BCUT2D eigenvalue weighted by molar-refractivity contribution is -0.123. The van der Waals surface area contributed by atoms with E-state index >= 15 is 0 Å². The molecule has 0 aromatic heterocycles. The van der Waals surface area contributed by atoms with E-state index in [1.807, 2.05) is 26.0 Å². The number of aryl methyl sites for hydroxylation is 1. The Morgan fingerprint density at radius 3 is 2.40 bits per heavy atom. The van der Waals surface area contributed by atoms with Gasteiger partial charge >= 0.3 is 0 Å². The number of benzene rings is 1. The lowest BCUT2D eigenvalue weighted by Gasteiger charge is -2.32. The van der Waals surface area contributed by atoms with Crippen molar-refractivity contribution >= 4 is 21.6 Å². The van der Waals surface area contributed by atoms with Gasteiger partial charge in [-0.25, -0.2) is 8.42 Å². The molecular formula is C19H28N2O3S. The maximum Gasteiger partial charge on any atom is 0.244 e. The fourth-order valence-corrected chi connectivity index (χ4v) is 5.66. The Kier molecular flexibility index (Phi) is 5.09. The molecule has 5 nitrogen and oxygen atoms in total. The lowest BCUT2D eigenvalue weighted by atomic mass is 9.95. The predicted molar refractivity (Wildman–Crippen MR) is 100.0 cm³/mol. The summed E-state index contributed by atoms with van der Waals surface area (Å²) in [5.74, 6) is 1.13. The second-order valence-corrected chi connectivity index (χ2v) is 9.47. The molecule has 2 bridgehead atoms. The predicted octanol–water partition coefficient (Wildman–Crippen LogP) is 2.84. The van der Waals surface area contributed by atoms with Crippen molar-refractivity contribution in [3.63, 3.8) is 0 Å². The van der Waals surface area contributed by atoms with E-state index in [1.54, 1.807) is 12.1 Å². The maximum atomic E-state index is 12.9. The highest BCUT2D eigenvalue weighted by atomic mass is 32.2. The summed E-state index contributed by atoms with van der Waals surface area (Å²) in [7, 11) is -3.56. The number of hydrogen-bond donors (Lipinski definition) is 1. The summed E-state index contributed by atoms with van der Waals surface area (Å²) in [6, 6.07) is 6.77. The van der Waals surface area contributed by atoms with Gasteiger partial charge in [-0.1, -0.05) is 31.0 Å². The zero-order chi connectivity index (χ0) is 18.2. The summed E-state index contributed by atoms with van der Waals surface area (Å²) in [6.07, 6.45) is 6.30. The van der Waals surface area contributed by atoms with Crippen molar-refractivity contribution in [2.75, 3.05) is 10.6 Å². The van der Waals surface area contributed by atoms with Crippen molar-refractivity contribution in [1.82, 2.24) is 5.32 Å². The van der Waals surface area contributed by atoms with E-state index in [1.165, 1.54) is 29.8 Å². The molecule has 1 amide bonds. The van der Waals surface area contributed by atoms with Gasteiger partial charge in [0.25, 0.3) is 0 Å². The van der Waals surface area contributed by atoms with Crippen LogP contribution in [0, 0.1) is 18.8 Å². The highest BCUT2D eigenvalue weighted by Crippen LogP contribution is 2.44. The van der Waals surface area contributed by atoms with Crippen LogP contribution in [0.3, 0.4) is 0 Å². The molecule has 138 valence electrons. The van der Waals surface area contributed by atoms with Crippen molar-refractivity contribution in [2.45, 2.75) is 58.0 Å². The molecule has 1 aromatic rings. The van der Waals surface area contributed by atoms with Crippen LogP contribution in [-0.4, -0.2) is 32.7 Å². The smallest absolute Gasteiger partial charge is 0.244 e. The quantitative estimate of drug-likeness (QED) is 0.844. The largest absolute Gasteiger partial charge is 0.351 e. The summed E-state index contributed by atoms with van der Waals surface area (Å²) < 4.78 is 26.1. The fraction of sp³-hybridized carbons (Fsp3) is 0.632. The molecular weight excluding hydrogens is 336 g/mol. The van der Waals surface area contributed by atoms with E-state index in [2.05, 4.69) is 5.32 Å². The van der Waals surface area contributed by atoms with E-state index in [-0.39, 0.29) is 11.9 Å². The molecule has 1 N–H and O–H groups in total. The maximum absolute atomic E-state index is 12.9. The number of fused-ring (bicyclic) bond motifs is 2. The Labute approximate surface area is 150 Å². The summed E-state index contributed by atoms with van der Waals surface area (Å²) in [5.41, 5.74) is 1.60. The van der Waals surface area contributed by atoms with Gasteiger partial charge in [0.2, 0.25) is 15.9 Å². The van der Waals surface area contributed by atoms with Crippen molar-refractivity contribution in [3.05, 3.63) is 29.8 Å².